The molecule has 2 unspecified atom stereocenters. The fraction of sp³-hybridized carbons (Fsp3) is 0.300. The molecular formula is C10H13NO3. The maximum Gasteiger partial charge on any atom is 0.331 e. The first-order valence-corrected chi connectivity index (χ1v) is 4.25. The molecule has 1 aromatic rings. The van der Waals surface area contributed by atoms with E-state index >= 15 is 0 Å². The largest absolute Gasteiger partial charge is 0.480 e. The zero-order valence-corrected chi connectivity index (χ0v) is 7.84. The minimum Gasteiger partial charge on any atom is -0.480 e. The number of hydrogen-bond acceptors (Lipinski definition) is 3. The van der Waals surface area contributed by atoms with Crippen LogP contribution < -0.4 is 5.73 Å². The maximum atomic E-state index is 11.0. The standard InChI is InChI=1S/C10H13NO3/c1-7(12)10(11,9(13)14)8-5-3-2-4-6-8/h2-7,12H,11H2,1H3,(H,13,14). The van der Waals surface area contributed by atoms with Gasteiger partial charge in [-0.25, -0.2) is 4.79 Å². The summed E-state index contributed by atoms with van der Waals surface area (Å²) in [6.45, 7) is 1.36. The van der Waals surface area contributed by atoms with Gasteiger partial charge in [0, 0.05) is 0 Å². The van der Waals surface area contributed by atoms with Crippen molar-refractivity contribution >= 4 is 5.97 Å². The van der Waals surface area contributed by atoms with E-state index in [4.69, 9.17) is 10.8 Å². The highest BCUT2D eigenvalue weighted by atomic mass is 16.4. The van der Waals surface area contributed by atoms with Gasteiger partial charge < -0.3 is 15.9 Å². The molecule has 0 fully saturated rings. The Morgan fingerprint density at radius 3 is 2.29 bits per heavy atom. The predicted octanol–water partition coefficient (Wildman–Crippen LogP) is 0.306. The summed E-state index contributed by atoms with van der Waals surface area (Å²) in [5, 5.41) is 18.4. The van der Waals surface area contributed by atoms with Gasteiger partial charge in [-0.05, 0) is 12.5 Å². The second kappa shape index (κ2) is 3.77. The molecule has 4 N–H and O–H groups in total. The Bertz CT molecular complexity index is 323. The van der Waals surface area contributed by atoms with E-state index in [-0.39, 0.29) is 0 Å². The highest BCUT2D eigenvalue weighted by Gasteiger charge is 2.40. The quantitative estimate of drug-likeness (QED) is 0.648. The van der Waals surface area contributed by atoms with Crippen molar-refractivity contribution in [2.24, 2.45) is 5.73 Å². The van der Waals surface area contributed by atoms with Crippen molar-refractivity contribution in [3.8, 4) is 0 Å². The van der Waals surface area contributed by atoms with Gasteiger partial charge in [0.25, 0.3) is 0 Å². The van der Waals surface area contributed by atoms with Crippen LogP contribution >= 0.6 is 0 Å². The zero-order valence-electron chi connectivity index (χ0n) is 7.84. The van der Waals surface area contributed by atoms with E-state index < -0.39 is 17.6 Å². The minimum absolute atomic E-state index is 0.391. The van der Waals surface area contributed by atoms with Gasteiger partial charge >= 0.3 is 5.97 Å². The van der Waals surface area contributed by atoms with Gasteiger partial charge in [0.05, 0.1) is 6.10 Å². The van der Waals surface area contributed by atoms with E-state index in [1.54, 1.807) is 30.3 Å². The van der Waals surface area contributed by atoms with Gasteiger partial charge in [0.15, 0.2) is 5.54 Å². The summed E-state index contributed by atoms with van der Waals surface area (Å²) in [4.78, 5) is 11.0. The molecule has 4 heteroatoms. The predicted molar refractivity (Wildman–Crippen MR) is 51.6 cm³/mol. The van der Waals surface area contributed by atoms with Gasteiger partial charge in [0.2, 0.25) is 0 Å². The number of aliphatic hydroxyl groups excluding tert-OH is 1. The van der Waals surface area contributed by atoms with Gasteiger partial charge in [0.1, 0.15) is 0 Å². The third-order valence-corrected chi connectivity index (χ3v) is 2.26. The van der Waals surface area contributed by atoms with Crippen molar-refractivity contribution in [2.75, 3.05) is 0 Å². The first-order valence-electron chi connectivity index (χ1n) is 4.25. The van der Waals surface area contributed by atoms with Crippen molar-refractivity contribution < 1.29 is 15.0 Å². The fourth-order valence-corrected chi connectivity index (χ4v) is 1.26. The van der Waals surface area contributed by atoms with E-state index in [1.807, 2.05) is 0 Å². The highest BCUT2D eigenvalue weighted by Crippen LogP contribution is 2.22. The van der Waals surface area contributed by atoms with Gasteiger partial charge in [-0.2, -0.15) is 0 Å². The number of nitrogens with two attached hydrogens (primary N) is 1. The Balaban J connectivity index is 3.20. The van der Waals surface area contributed by atoms with Crippen molar-refractivity contribution in [1.29, 1.82) is 0 Å². The molecule has 1 rings (SSSR count). The second-order valence-corrected chi connectivity index (χ2v) is 3.22. The summed E-state index contributed by atoms with van der Waals surface area (Å²) in [5.41, 5.74) is 4.31. The SMILES string of the molecule is CC(O)C(N)(C(=O)O)c1ccccc1. The smallest absolute Gasteiger partial charge is 0.331 e. The van der Waals surface area contributed by atoms with E-state index in [2.05, 4.69) is 0 Å². The molecule has 0 aliphatic carbocycles. The van der Waals surface area contributed by atoms with Crippen LogP contribution in [0.25, 0.3) is 0 Å². The molecule has 0 aliphatic rings. The number of aliphatic hydroxyl groups is 1. The lowest BCUT2D eigenvalue weighted by molar-refractivity contribution is -0.148. The van der Waals surface area contributed by atoms with Crippen molar-refractivity contribution in [3.63, 3.8) is 0 Å². The molecule has 0 aromatic heterocycles. The molecule has 0 radical (unpaired) electrons. The number of carboxylic acids is 1. The Morgan fingerprint density at radius 1 is 1.43 bits per heavy atom. The third-order valence-electron chi connectivity index (χ3n) is 2.26. The van der Waals surface area contributed by atoms with E-state index in [9.17, 15) is 9.90 Å². The lowest BCUT2D eigenvalue weighted by Crippen LogP contribution is -2.53. The molecule has 14 heavy (non-hydrogen) atoms. The average Bonchev–Trinajstić information content (AvgIpc) is 2.17. The number of rotatable bonds is 3. The molecule has 0 heterocycles. The molecule has 0 saturated carbocycles. The topological polar surface area (TPSA) is 83.5 Å². The van der Waals surface area contributed by atoms with Crippen LogP contribution in [0, 0.1) is 0 Å². The summed E-state index contributed by atoms with van der Waals surface area (Å²) in [5.74, 6) is -1.24. The molecule has 0 saturated heterocycles. The second-order valence-electron chi connectivity index (χ2n) is 3.22. The Hall–Kier alpha value is -1.39. The van der Waals surface area contributed by atoms with Crippen LogP contribution in [0.3, 0.4) is 0 Å². The van der Waals surface area contributed by atoms with Crippen LogP contribution in [0.2, 0.25) is 0 Å². The molecule has 0 aliphatic heterocycles. The molecule has 1 aromatic carbocycles. The first kappa shape index (κ1) is 10.7. The van der Waals surface area contributed by atoms with Crippen molar-refractivity contribution in [2.45, 2.75) is 18.6 Å². The van der Waals surface area contributed by atoms with Crippen LogP contribution in [0.15, 0.2) is 30.3 Å². The Labute approximate surface area is 82.0 Å². The Kier molecular flexibility index (Phi) is 2.88. The molecule has 0 bridgehead atoms. The summed E-state index contributed by atoms with van der Waals surface area (Å²) in [6, 6.07) is 8.29. The normalized spacial score (nSPS) is 17.1. The molecule has 0 amide bonds. The number of carbonyl (C=O) groups is 1. The van der Waals surface area contributed by atoms with Crippen molar-refractivity contribution in [1.82, 2.24) is 0 Å². The number of benzene rings is 1. The third kappa shape index (κ3) is 1.62. The number of aliphatic carboxylic acids is 1. The van der Waals surface area contributed by atoms with Gasteiger partial charge in [-0.1, -0.05) is 30.3 Å². The molecule has 2 atom stereocenters. The summed E-state index contributed by atoms with van der Waals surface area (Å²) >= 11 is 0. The van der Waals surface area contributed by atoms with Crippen LogP contribution in [0.1, 0.15) is 12.5 Å². The Morgan fingerprint density at radius 2 is 1.93 bits per heavy atom. The lowest BCUT2D eigenvalue weighted by Gasteiger charge is -2.27. The lowest BCUT2D eigenvalue weighted by atomic mass is 9.86. The first-order chi connectivity index (χ1) is 6.49. The van der Waals surface area contributed by atoms with Crippen LogP contribution in [0.4, 0.5) is 0 Å². The van der Waals surface area contributed by atoms with Crippen LogP contribution in [-0.4, -0.2) is 22.3 Å². The minimum atomic E-state index is -1.73. The fourth-order valence-electron chi connectivity index (χ4n) is 1.26. The van der Waals surface area contributed by atoms with Crippen LogP contribution in [0.5, 0.6) is 0 Å². The number of hydrogen-bond donors (Lipinski definition) is 3. The van der Waals surface area contributed by atoms with Crippen molar-refractivity contribution in [3.05, 3.63) is 35.9 Å². The molecule has 4 nitrogen and oxygen atoms in total. The maximum absolute atomic E-state index is 11.0. The van der Waals surface area contributed by atoms with Crippen LogP contribution in [-0.2, 0) is 10.3 Å². The van der Waals surface area contributed by atoms with Gasteiger partial charge in [-0.3, -0.25) is 0 Å². The monoisotopic (exact) mass is 195 g/mol. The average molecular weight is 195 g/mol. The van der Waals surface area contributed by atoms with E-state index in [1.165, 1.54) is 6.92 Å². The van der Waals surface area contributed by atoms with Gasteiger partial charge in [-0.15, -0.1) is 0 Å². The number of carboxylic acid groups (broad SMARTS) is 1. The summed E-state index contributed by atoms with van der Waals surface area (Å²) in [7, 11) is 0. The zero-order chi connectivity index (χ0) is 10.8. The molecule has 0 spiro atoms. The molecule has 76 valence electrons. The highest BCUT2D eigenvalue weighted by molar-refractivity contribution is 5.81. The van der Waals surface area contributed by atoms with E-state index in [0.29, 0.717) is 5.56 Å². The van der Waals surface area contributed by atoms with E-state index in [0.717, 1.165) is 0 Å². The molecular weight excluding hydrogens is 182 g/mol. The summed E-state index contributed by atoms with van der Waals surface area (Å²) in [6.07, 6.45) is -1.15. The summed E-state index contributed by atoms with van der Waals surface area (Å²) < 4.78 is 0.